The minimum absolute atomic E-state index is 0.0356. The molecule has 0 aromatic heterocycles. The van der Waals surface area contributed by atoms with Gasteiger partial charge in [-0.2, -0.15) is 26.3 Å². The van der Waals surface area contributed by atoms with E-state index in [0.29, 0.717) is 17.7 Å². The van der Waals surface area contributed by atoms with Gasteiger partial charge in [-0.25, -0.2) is 0 Å². The first kappa shape index (κ1) is 30.9. The number of anilines is 1. The quantitative estimate of drug-likeness (QED) is 0.0906. The van der Waals surface area contributed by atoms with Crippen molar-refractivity contribution in [1.82, 2.24) is 4.90 Å². The molecule has 0 bridgehead atoms. The molecule has 2 amide bonds. The largest absolute Gasteiger partial charge is 0.508 e. The number of nitrogens with one attached hydrogen (secondary N) is 1. The molecule has 0 radical (unpaired) electrons. The second-order valence-electron chi connectivity index (χ2n) is 9.71. The monoisotopic (exact) mass is 602 g/mol. The van der Waals surface area contributed by atoms with Gasteiger partial charge in [0, 0.05) is 24.8 Å². The number of fused-ring (bicyclic) bond motifs is 1. The molecule has 0 aliphatic rings. The predicted molar refractivity (Wildman–Crippen MR) is 148 cm³/mol. The van der Waals surface area contributed by atoms with Gasteiger partial charge in [0.05, 0.1) is 22.9 Å². The van der Waals surface area contributed by atoms with Crippen molar-refractivity contribution in [3.05, 3.63) is 113 Å². The maximum absolute atomic E-state index is 13.4. The lowest BCUT2D eigenvalue weighted by atomic mass is 9.99. The minimum Gasteiger partial charge on any atom is -0.508 e. The molecule has 1 unspecified atom stereocenters. The third-order valence-corrected chi connectivity index (χ3v) is 6.62. The molecule has 12 heteroatoms. The lowest BCUT2D eigenvalue weighted by molar-refractivity contribution is -0.143. The normalized spacial score (nSPS) is 12.8. The van der Waals surface area contributed by atoms with E-state index in [4.69, 9.17) is 0 Å². The number of hydrogen-bond donors (Lipinski definition) is 3. The van der Waals surface area contributed by atoms with E-state index >= 15 is 0 Å². The lowest BCUT2D eigenvalue weighted by Crippen LogP contribution is -2.37. The van der Waals surface area contributed by atoms with E-state index in [9.17, 15) is 46.1 Å². The van der Waals surface area contributed by atoms with Crippen LogP contribution in [0.4, 0.5) is 32.0 Å². The zero-order valence-corrected chi connectivity index (χ0v) is 22.4. The van der Waals surface area contributed by atoms with Crippen LogP contribution >= 0.6 is 0 Å². The first-order valence-corrected chi connectivity index (χ1v) is 12.7. The summed E-state index contributed by atoms with van der Waals surface area (Å²) in [7, 11) is 1.20. The van der Waals surface area contributed by atoms with Gasteiger partial charge >= 0.3 is 12.4 Å². The van der Waals surface area contributed by atoms with E-state index in [1.54, 1.807) is 6.07 Å². The number of phenols is 2. The summed E-state index contributed by atoms with van der Waals surface area (Å²) in [5.41, 5.74) is -3.46. The first-order valence-electron chi connectivity index (χ1n) is 12.7. The van der Waals surface area contributed by atoms with Crippen molar-refractivity contribution in [1.29, 1.82) is 0 Å². The minimum atomic E-state index is -5.14. The van der Waals surface area contributed by atoms with E-state index in [-0.39, 0.29) is 23.9 Å². The molecule has 0 aliphatic carbocycles. The summed E-state index contributed by atoms with van der Waals surface area (Å²) >= 11 is 0. The average molecular weight is 603 g/mol. The summed E-state index contributed by atoms with van der Waals surface area (Å²) in [5, 5.41) is 23.5. The van der Waals surface area contributed by atoms with Crippen molar-refractivity contribution in [3.8, 4) is 11.5 Å². The number of rotatable bonds is 7. The van der Waals surface area contributed by atoms with Crippen LogP contribution in [-0.2, 0) is 23.6 Å². The number of carbonyl (C=O) groups excluding carboxylic acids is 2. The Morgan fingerprint density at radius 2 is 1.47 bits per heavy atom. The Balaban J connectivity index is 1.68. The highest BCUT2D eigenvalue weighted by atomic mass is 19.4. The van der Waals surface area contributed by atoms with Crippen molar-refractivity contribution >= 4 is 28.3 Å². The van der Waals surface area contributed by atoms with Crippen LogP contribution in [0.3, 0.4) is 0 Å². The van der Waals surface area contributed by atoms with E-state index in [2.05, 4.69) is 5.32 Å². The fourth-order valence-corrected chi connectivity index (χ4v) is 4.37. The summed E-state index contributed by atoms with van der Waals surface area (Å²) in [6, 6.07) is 15.9. The molecule has 43 heavy (non-hydrogen) atoms. The van der Waals surface area contributed by atoms with Gasteiger partial charge in [-0.05, 0) is 53.1 Å². The van der Waals surface area contributed by atoms with E-state index < -0.39 is 52.6 Å². The molecule has 6 nitrogen and oxygen atoms in total. The molecule has 0 aliphatic heterocycles. The summed E-state index contributed by atoms with van der Waals surface area (Å²) in [6.45, 7) is 0. The van der Waals surface area contributed by atoms with Crippen LogP contribution in [0, 0.1) is 0 Å². The highest BCUT2D eigenvalue weighted by Crippen LogP contribution is 2.37. The molecule has 0 saturated heterocycles. The smallest absolute Gasteiger partial charge is 0.416 e. The average Bonchev–Trinajstić information content (AvgIpc) is 2.94. The Morgan fingerprint density at radius 1 is 0.837 bits per heavy atom. The molecule has 4 aromatic rings. The maximum Gasteiger partial charge on any atom is 0.416 e. The molecule has 3 N–H and O–H groups in total. The molecule has 4 rings (SSSR count). The Morgan fingerprint density at radius 3 is 2.07 bits per heavy atom. The number of nitrogens with zero attached hydrogens (tertiary/aromatic N) is 1. The van der Waals surface area contributed by atoms with Gasteiger partial charge in [-0.3, -0.25) is 9.59 Å². The third-order valence-electron chi connectivity index (χ3n) is 6.62. The molecule has 224 valence electrons. The topological polar surface area (TPSA) is 89.9 Å². The van der Waals surface area contributed by atoms with Crippen molar-refractivity contribution in [2.45, 2.75) is 24.8 Å². The number of likely N-dealkylation sites (N-methyl/N-ethyl adjacent to an activating group) is 1. The van der Waals surface area contributed by atoms with Crippen molar-refractivity contribution in [2.75, 3.05) is 12.4 Å². The molecule has 0 heterocycles. The maximum atomic E-state index is 13.4. The fourth-order valence-electron chi connectivity index (χ4n) is 4.37. The lowest BCUT2D eigenvalue weighted by Gasteiger charge is -2.27. The standard InChI is InChI=1S/C31H24F6N2O4/c1-39(29(43)21-14-22(30(32,33)34)16-23(15-21)31(35,36)37)24(13-18-6-7-19-4-2-3-5-20(19)12-18)8-11-28(42)38-26-10-9-25(40)17-27(26)41/h2-12,14-17,24,40-41H,13H2,1H3,(H,38,42). The number of benzene rings is 4. The second kappa shape index (κ2) is 12.1. The van der Waals surface area contributed by atoms with Crippen LogP contribution in [0.5, 0.6) is 11.5 Å². The van der Waals surface area contributed by atoms with Crippen LogP contribution in [0.25, 0.3) is 10.8 Å². The van der Waals surface area contributed by atoms with E-state index in [0.717, 1.165) is 27.8 Å². The van der Waals surface area contributed by atoms with Crippen molar-refractivity contribution in [3.63, 3.8) is 0 Å². The SMILES string of the molecule is CN(C(=O)c1cc(C(F)(F)F)cc(C(F)(F)F)c1)C(C=CC(=O)Nc1ccc(O)cc1O)Cc1ccc2ccccc2c1. The van der Waals surface area contributed by atoms with Crippen LogP contribution in [0.15, 0.2) is 91.0 Å². The zero-order chi connectivity index (χ0) is 31.5. The van der Waals surface area contributed by atoms with Gasteiger partial charge < -0.3 is 20.4 Å². The van der Waals surface area contributed by atoms with Gasteiger partial charge in [0.2, 0.25) is 5.91 Å². The molecule has 0 spiro atoms. The summed E-state index contributed by atoms with van der Waals surface area (Å²) < 4.78 is 80.6. The number of phenolic OH excluding ortho intramolecular Hbond substituents is 2. The molecule has 4 aromatic carbocycles. The number of carbonyl (C=O) groups is 2. The number of amides is 2. The third kappa shape index (κ3) is 7.64. The fraction of sp³-hybridized carbons (Fsp3) is 0.161. The molecular formula is C31H24F6N2O4. The first-order chi connectivity index (χ1) is 20.1. The Bertz CT molecular complexity index is 1670. The highest BCUT2D eigenvalue weighted by Gasteiger charge is 2.38. The van der Waals surface area contributed by atoms with Crippen molar-refractivity contribution < 1.29 is 46.1 Å². The van der Waals surface area contributed by atoms with Gasteiger partial charge in [0.1, 0.15) is 11.5 Å². The Kier molecular flexibility index (Phi) is 8.70. The predicted octanol–water partition coefficient (Wildman–Crippen LogP) is 7.17. The number of alkyl halides is 6. The summed E-state index contributed by atoms with van der Waals surface area (Å²) in [4.78, 5) is 26.9. The molecule has 0 fully saturated rings. The number of aromatic hydroxyl groups is 2. The molecule has 0 saturated carbocycles. The molecular weight excluding hydrogens is 578 g/mol. The van der Waals surface area contributed by atoms with Crippen LogP contribution < -0.4 is 5.32 Å². The van der Waals surface area contributed by atoms with Gasteiger partial charge in [0.25, 0.3) is 5.91 Å². The number of halogens is 6. The summed E-state index contributed by atoms with van der Waals surface area (Å²) in [5.74, 6) is -2.57. The highest BCUT2D eigenvalue weighted by molar-refractivity contribution is 6.00. The Labute approximate surface area is 241 Å². The summed E-state index contributed by atoms with van der Waals surface area (Å²) in [6.07, 6.45) is -7.94. The van der Waals surface area contributed by atoms with Gasteiger partial charge in [-0.15, -0.1) is 0 Å². The number of hydrogen-bond acceptors (Lipinski definition) is 4. The van der Waals surface area contributed by atoms with Gasteiger partial charge in [-0.1, -0.05) is 48.5 Å². The second-order valence-corrected chi connectivity index (χ2v) is 9.71. The van der Waals surface area contributed by atoms with Gasteiger partial charge in [0.15, 0.2) is 0 Å². The molecule has 1 atom stereocenters. The van der Waals surface area contributed by atoms with Crippen LogP contribution in [0.2, 0.25) is 0 Å². The van der Waals surface area contributed by atoms with Crippen LogP contribution in [-0.4, -0.2) is 40.0 Å². The van der Waals surface area contributed by atoms with E-state index in [1.165, 1.54) is 25.3 Å². The van der Waals surface area contributed by atoms with E-state index in [1.807, 2.05) is 36.4 Å². The van der Waals surface area contributed by atoms with Crippen molar-refractivity contribution in [2.24, 2.45) is 0 Å². The van der Waals surface area contributed by atoms with Crippen LogP contribution in [0.1, 0.15) is 27.0 Å². The zero-order valence-electron chi connectivity index (χ0n) is 22.4. The Hall–Kier alpha value is -5.00.